The minimum atomic E-state index is -0.171. The average molecular weight is 180 g/mol. The summed E-state index contributed by atoms with van der Waals surface area (Å²) in [6, 6.07) is 0. The van der Waals surface area contributed by atoms with Crippen LogP contribution in [0.1, 0.15) is 27.2 Å². The summed E-state index contributed by atoms with van der Waals surface area (Å²) < 4.78 is 5.25. The zero-order valence-corrected chi connectivity index (χ0v) is 8.41. The van der Waals surface area contributed by atoms with E-state index in [2.05, 4.69) is 19.9 Å². The van der Waals surface area contributed by atoms with Crippen molar-refractivity contribution in [3.05, 3.63) is 12.2 Å². The summed E-state index contributed by atoms with van der Waals surface area (Å²) >= 11 is 0. The fourth-order valence-corrected chi connectivity index (χ4v) is 2.57. The van der Waals surface area contributed by atoms with Crippen LogP contribution in [0, 0.1) is 17.3 Å². The molecule has 2 heteroatoms. The number of ether oxygens (including phenoxy) is 1. The van der Waals surface area contributed by atoms with Crippen molar-refractivity contribution >= 4 is 5.97 Å². The van der Waals surface area contributed by atoms with Gasteiger partial charge in [-0.05, 0) is 23.8 Å². The summed E-state index contributed by atoms with van der Waals surface area (Å²) in [4.78, 5) is 10.8. The SMILES string of the molecule is CC(=O)O[C@H]1C=CC2CC1C2(C)C. The lowest BCUT2D eigenvalue weighted by molar-refractivity contribution is -0.157. The summed E-state index contributed by atoms with van der Waals surface area (Å²) in [5.74, 6) is 1.06. The van der Waals surface area contributed by atoms with E-state index in [4.69, 9.17) is 4.74 Å². The molecule has 0 saturated heterocycles. The molecule has 3 rings (SSSR count). The minimum absolute atomic E-state index is 0.0255. The van der Waals surface area contributed by atoms with E-state index < -0.39 is 0 Å². The first-order valence-electron chi connectivity index (χ1n) is 4.87. The Bertz CT molecular complexity index is 265. The summed E-state index contributed by atoms with van der Waals surface area (Å²) in [5, 5.41) is 0. The molecular formula is C11H16O2. The first-order valence-corrected chi connectivity index (χ1v) is 4.87. The molecule has 0 aromatic rings. The molecule has 0 aromatic carbocycles. The molecule has 1 fully saturated rings. The van der Waals surface area contributed by atoms with Crippen LogP contribution in [-0.2, 0) is 9.53 Å². The molecule has 2 bridgehead atoms. The van der Waals surface area contributed by atoms with Gasteiger partial charge in [0.1, 0.15) is 6.10 Å². The number of esters is 1. The number of carbonyl (C=O) groups excluding carboxylic acids is 1. The average Bonchev–Trinajstić information content (AvgIpc) is 2.03. The Morgan fingerprint density at radius 1 is 1.46 bits per heavy atom. The molecule has 2 nitrogen and oxygen atoms in total. The number of carbonyl (C=O) groups is 1. The Labute approximate surface area is 79.0 Å². The van der Waals surface area contributed by atoms with Gasteiger partial charge in [0.05, 0.1) is 0 Å². The molecule has 1 saturated carbocycles. The van der Waals surface area contributed by atoms with Gasteiger partial charge in [0, 0.05) is 12.8 Å². The highest BCUT2D eigenvalue weighted by Crippen LogP contribution is 2.56. The number of rotatable bonds is 1. The Morgan fingerprint density at radius 2 is 2.15 bits per heavy atom. The van der Waals surface area contributed by atoms with E-state index in [1.165, 1.54) is 13.3 Å². The van der Waals surface area contributed by atoms with Gasteiger partial charge in [-0.2, -0.15) is 0 Å². The molecule has 0 amide bonds. The molecule has 2 unspecified atom stereocenters. The molecule has 0 heterocycles. The van der Waals surface area contributed by atoms with Crippen molar-refractivity contribution in [1.29, 1.82) is 0 Å². The van der Waals surface area contributed by atoms with Crippen LogP contribution in [0.3, 0.4) is 0 Å². The molecule has 13 heavy (non-hydrogen) atoms. The highest BCUT2D eigenvalue weighted by molar-refractivity contribution is 5.66. The summed E-state index contributed by atoms with van der Waals surface area (Å²) in [5.41, 5.74) is 0.328. The molecule has 0 radical (unpaired) electrons. The van der Waals surface area contributed by atoms with Gasteiger partial charge in [-0.3, -0.25) is 4.79 Å². The standard InChI is InChI=1S/C11H16O2/c1-7(12)13-10-5-4-8-6-9(10)11(8,2)3/h4-5,8-10H,6H2,1-3H3/t8?,9?,10-/m0/s1. The third-order valence-corrected chi connectivity index (χ3v) is 3.65. The summed E-state index contributed by atoms with van der Waals surface area (Å²) in [7, 11) is 0. The highest BCUT2D eigenvalue weighted by atomic mass is 16.5. The Hall–Kier alpha value is -0.790. The van der Waals surface area contributed by atoms with Crippen LogP contribution in [0.5, 0.6) is 0 Å². The van der Waals surface area contributed by atoms with Crippen LogP contribution in [0.4, 0.5) is 0 Å². The zero-order chi connectivity index (χ0) is 9.64. The molecule has 0 spiro atoms. The Balaban J connectivity index is 2.12. The zero-order valence-electron chi connectivity index (χ0n) is 8.41. The highest BCUT2D eigenvalue weighted by Gasteiger charge is 2.53. The quantitative estimate of drug-likeness (QED) is 0.456. The molecule has 72 valence electrons. The van der Waals surface area contributed by atoms with Crippen LogP contribution in [0.15, 0.2) is 12.2 Å². The topological polar surface area (TPSA) is 26.3 Å². The van der Waals surface area contributed by atoms with Gasteiger partial charge in [-0.15, -0.1) is 0 Å². The van der Waals surface area contributed by atoms with Gasteiger partial charge >= 0.3 is 5.97 Å². The molecule has 3 aliphatic carbocycles. The molecule has 3 aliphatic rings. The van der Waals surface area contributed by atoms with Gasteiger partial charge < -0.3 is 4.74 Å². The van der Waals surface area contributed by atoms with Crippen molar-refractivity contribution < 1.29 is 9.53 Å². The van der Waals surface area contributed by atoms with Gasteiger partial charge in [0.15, 0.2) is 0 Å². The second kappa shape index (κ2) is 2.60. The lowest BCUT2D eigenvalue weighted by Crippen LogP contribution is -2.53. The van der Waals surface area contributed by atoms with Crippen molar-refractivity contribution in [2.24, 2.45) is 17.3 Å². The van der Waals surface area contributed by atoms with Crippen LogP contribution in [0.2, 0.25) is 0 Å². The van der Waals surface area contributed by atoms with E-state index >= 15 is 0 Å². The van der Waals surface area contributed by atoms with E-state index in [1.54, 1.807) is 0 Å². The monoisotopic (exact) mass is 180 g/mol. The van der Waals surface area contributed by atoms with Crippen LogP contribution >= 0.6 is 0 Å². The van der Waals surface area contributed by atoms with Gasteiger partial charge in [0.2, 0.25) is 0 Å². The van der Waals surface area contributed by atoms with Crippen molar-refractivity contribution in [1.82, 2.24) is 0 Å². The van der Waals surface area contributed by atoms with Crippen LogP contribution < -0.4 is 0 Å². The van der Waals surface area contributed by atoms with Crippen LogP contribution in [-0.4, -0.2) is 12.1 Å². The maximum absolute atomic E-state index is 10.8. The third kappa shape index (κ3) is 1.19. The normalized spacial score (nSPS) is 39.5. The van der Waals surface area contributed by atoms with E-state index in [9.17, 15) is 4.79 Å². The predicted octanol–water partition coefficient (Wildman–Crippen LogP) is 2.15. The largest absolute Gasteiger partial charge is 0.458 e. The van der Waals surface area contributed by atoms with E-state index in [-0.39, 0.29) is 12.1 Å². The lowest BCUT2D eigenvalue weighted by atomic mass is 9.50. The first kappa shape index (κ1) is 8.79. The predicted molar refractivity (Wildman–Crippen MR) is 50.1 cm³/mol. The maximum Gasteiger partial charge on any atom is 0.303 e. The number of fused-ring (bicyclic) bond motifs is 1. The molecule has 3 atom stereocenters. The molecule has 0 aromatic heterocycles. The second-order valence-corrected chi connectivity index (χ2v) is 4.73. The number of hydrogen-bond donors (Lipinski definition) is 0. The van der Waals surface area contributed by atoms with E-state index in [1.807, 2.05) is 6.08 Å². The summed E-state index contributed by atoms with van der Waals surface area (Å²) in [6.07, 6.45) is 5.46. The fraction of sp³-hybridized carbons (Fsp3) is 0.727. The van der Waals surface area contributed by atoms with E-state index in [0.717, 1.165) is 0 Å². The fourth-order valence-electron chi connectivity index (χ4n) is 2.57. The minimum Gasteiger partial charge on any atom is -0.458 e. The molecular weight excluding hydrogens is 164 g/mol. The van der Waals surface area contributed by atoms with E-state index in [0.29, 0.717) is 17.3 Å². The van der Waals surface area contributed by atoms with Gasteiger partial charge in [0.25, 0.3) is 0 Å². The summed E-state index contributed by atoms with van der Waals surface area (Å²) in [6.45, 7) is 5.99. The second-order valence-electron chi connectivity index (χ2n) is 4.73. The van der Waals surface area contributed by atoms with Crippen molar-refractivity contribution in [2.75, 3.05) is 0 Å². The maximum atomic E-state index is 10.8. The molecule has 0 N–H and O–H groups in total. The van der Waals surface area contributed by atoms with Crippen molar-refractivity contribution in [3.8, 4) is 0 Å². The van der Waals surface area contributed by atoms with Gasteiger partial charge in [-0.25, -0.2) is 0 Å². The van der Waals surface area contributed by atoms with Crippen LogP contribution in [0.25, 0.3) is 0 Å². The van der Waals surface area contributed by atoms with Crippen molar-refractivity contribution in [3.63, 3.8) is 0 Å². The Kier molecular flexibility index (Phi) is 1.76. The smallest absolute Gasteiger partial charge is 0.303 e. The third-order valence-electron chi connectivity index (χ3n) is 3.65. The Morgan fingerprint density at radius 3 is 2.62 bits per heavy atom. The number of hydrogen-bond acceptors (Lipinski definition) is 2. The number of allylic oxidation sites excluding steroid dienone is 1. The van der Waals surface area contributed by atoms with Gasteiger partial charge in [-0.1, -0.05) is 19.9 Å². The first-order chi connectivity index (χ1) is 6.01. The van der Waals surface area contributed by atoms with Crippen molar-refractivity contribution in [2.45, 2.75) is 33.3 Å². The molecule has 0 aliphatic heterocycles. The lowest BCUT2D eigenvalue weighted by Gasteiger charge is -2.56.